The molecule has 0 fully saturated rings. The summed E-state index contributed by atoms with van der Waals surface area (Å²) in [5, 5.41) is 11.4. The van der Waals surface area contributed by atoms with E-state index in [-0.39, 0.29) is 31.1 Å². The topological polar surface area (TPSA) is 105 Å². The summed E-state index contributed by atoms with van der Waals surface area (Å²) in [4.78, 5) is 10.8. The van der Waals surface area contributed by atoms with Crippen molar-refractivity contribution in [2.45, 2.75) is 13.0 Å². The Morgan fingerprint density at radius 3 is 2.38 bits per heavy atom. The molecule has 0 saturated carbocycles. The van der Waals surface area contributed by atoms with Crippen molar-refractivity contribution in [3.63, 3.8) is 0 Å². The van der Waals surface area contributed by atoms with E-state index in [0.29, 0.717) is 11.3 Å². The zero-order chi connectivity index (χ0) is 19.2. The first-order valence-electron chi connectivity index (χ1n) is 7.66. The first-order valence-corrected chi connectivity index (χ1v) is 9.48. The van der Waals surface area contributed by atoms with Crippen molar-refractivity contribution in [2.75, 3.05) is 20.0 Å². The minimum atomic E-state index is -3.62. The van der Waals surface area contributed by atoms with Crippen molar-refractivity contribution in [1.29, 1.82) is 0 Å². The molecule has 0 atom stereocenters. The highest BCUT2D eigenvalue weighted by Gasteiger charge is 2.20. The highest BCUT2D eigenvalue weighted by Crippen LogP contribution is 2.35. The summed E-state index contributed by atoms with van der Waals surface area (Å²) in [5.41, 5.74) is 1.01. The maximum absolute atomic E-state index is 11.4. The lowest BCUT2D eigenvalue weighted by atomic mass is 10.1. The van der Waals surface area contributed by atoms with Gasteiger partial charge in [0, 0.05) is 12.0 Å². The average molecular weight is 381 g/mol. The highest BCUT2D eigenvalue weighted by molar-refractivity contribution is 7.85. The normalized spacial score (nSPS) is 11.2. The summed E-state index contributed by atoms with van der Waals surface area (Å²) in [7, 11) is -2.19. The Balaban J connectivity index is 2.23. The first kappa shape index (κ1) is 19.7. The van der Waals surface area contributed by atoms with Gasteiger partial charge in [0.05, 0.1) is 31.0 Å². The summed E-state index contributed by atoms with van der Waals surface area (Å²) in [6, 6.07) is 12.1. The van der Waals surface area contributed by atoms with E-state index in [2.05, 4.69) is 4.18 Å². The molecule has 0 aliphatic rings. The third-order valence-electron chi connectivity index (χ3n) is 3.47. The van der Waals surface area contributed by atoms with Crippen molar-refractivity contribution in [1.82, 2.24) is 0 Å². The van der Waals surface area contributed by atoms with Crippen LogP contribution in [0.5, 0.6) is 11.5 Å². The fourth-order valence-electron chi connectivity index (χ4n) is 2.27. The maximum atomic E-state index is 11.4. The monoisotopic (exact) mass is 381 g/mol. The minimum Gasteiger partial charge on any atom is -0.493 e. The molecule has 8 nitrogen and oxygen atoms in total. The van der Waals surface area contributed by atoms with Gasteiger partial charge in [0.1, 0.15) is 6.61 Å². The predicted molar refractivity (Wildman–Crippen MR) is 94.9 cm³/mol. The van der Waals surface area contributed by atoms with Gasteiger partial charge in [-0.15, -0.1) is 0 Å². The van der Waals surface area contributed by atoms with Gasteiger partial charge in [0.25, 0.3) is 15.8 Å². The average Bonchev–Trinajstić information content (AvgIpc) is 2.59. The molecule has 0 spiro atoms. The number of rotatable bonds is 9. The Labute approximate surface area is 151 Å². The molecule has 2 rings (SSSR count). The summed E-state index contributed by atoms with van der Waals surface area (Å²) < 4.78 is 37.6. The molecule has 9 heteroatoms. The largest absolute Gasteiger partial charge is 0.493 e. The van der Waals surface area contributed by atoms with Gasteiger partial charge in [-0.25, -0.2) is 0 Å². The Hall–Kier alpha value is -2.65. The van der Waals surface area contributed by atoms with Gasteiger partial charge >= 0.3 is 0 Å². The molecule has 140 valence electrons. The number of methoxy groups -OCH3 is 1. The van der Waals surface area contributed by atoms with Crippen molar-refractivity contribution in [3.8, 4) is 11.5 Å². The van der Waals surface area contributed by atoms with Gasteiger partial charge in [0.2, 0.25) is 0 Å². The van der Waals surface area contributed by atoms with Crippen LogP contribution >= 0.6 is 0 Å². The standard InChI is InChI=1S/C17H19NO7S/c1-23-16-10-14(8-9-25-26(2,21)22)15(18(19)20)11-17(16)24-12-13-6-4-3-5-7-13/h3-7,10-11H,8-9,12H2,1-2H3. The molecule has 2 aromatic rings. The van der Waals surface area contributed by atoms with Crippen molar-refractivity contribution in [2.24, 2.45) is 0 Å². The third kappa shape index (κ3) is 5.71. The van der Waals surface area contributed by atoms with Gasteiger partial charge < -0.3 is 9.47 Å². The number of nitro benzene ring substituents is 1. The second-order valence-electron chi connectivity index (χ2n) is 5.44. The van der Waals surface area contributed by atoms with E-state index in [9.17, 15) is 18.5 Å². The fourth-order valence-corrected chi connectivity index (χ4v) is 2.66. The predicted octanol–water partition coefficient (Wildman–Crippen LogP) is 2.70. The number of hydrogen-bond donors (Lipinski definition) is 0. The lowest BCUT2D eigenvalue weighted by molar-refractivity contribution is -0.385. The van der Waals surface area contributed by atoms with Gasteiger partial charge in [-0.05, 0) is 11.6 Å². The summed E-state index contributed by atoms with van der Waals surface area (Å²) >= 11 is 0. The molecule has 0 amide bonds. The fraction of sp³-hybridized carbons (Fsp3) is 0.294. The number of hydrogen-bond acceptors (Lipinski definition) is 7. The van der Waals surface area contributed by atoms with E-state index >= 15 is 0 Å². The molecule has 2 aromatic carbocycles. The van der Waals surface area contributed by atoms with Crippen LogP contribution in [0, 0.1) is 10.1 Å². The van der Waals surface area contributed by atoms with Crippen LogP contribution in [0.1, 0.15) is 11.1 Å². The number of nitro groups is 1. The molecular formula is C17H19NO7S. The van der Waals surface area contributed by atoms with E-state index in [1.54, 1.807) is 0 Å². The Morgan fingerprint density at radius 1 is 1.12 bits per heavy atom. The SMILES string of the molecule is COc1cc(CCOS(C)(=O)=O)c([N+](=O)[O-])cc1OCc1ccccc1. The summed E-state index contributed by atoms with van der Waals surface area (Å²) in [5.74, 6) is 0.553. The van der Waals surface area contributed by atoms with Crippen LogP contribution in [-0.4, -0.2) is 33.3 Å². The Morgan fingerprint density at radius 2 is 1.81 bits per heavy atom. The van der Waals surface area contributed by atoms with Gasteiger partial charge in [0.15, 0.2) is 11.5 Å². The van der Waals surface area contributed by atoms with E-state index in [0.717, 1.165) is 11.8 Å². The molecule has 0 saturated heterocycles. The second kappa shape index (κ2) is 8.63. The molecule has 0 N–H and O–H groups in total. The van der Waals surface area contributed by atoms with Gasteiger partial charge in [-0.3, -0.25) is 14.3 Å². The van der Waals surface area contributed by atoms with Crippen LogP contribution in [-0.2, 0) is 27.3 Å². The van der Waals surface area contributed by atoms with E-state index in [1.807, 2.05) is 30.3 Å². The van der Waals surface area contributed by atoms with Crippen LogP contribution in [0.15, 0.2) is 42.5 Å². The third-order valence-corrected chi connectivity index (χ3v) is 4.06. The molecule has 0 bridgehead atoms. The zero-order valence-corrected chi connectivity index (χ0v) is 15.2. The van der Waals surface area contributed by atoms with E-state index < -0.39 is 15.0 Å². The van der Waals surface area contributed by atoms with E-state index in [1.165, 1.54) is 19.2 Å². The number of ether oxygens (including phenoxy) is 2. The molecule has 26 heavy (non-hydrogen) atoms. The minimum absolute atomic E-state index is 0.0404. The summed E-state index contributed by atoms with van der Waals surface area (Å²) in [6.07, 6.45) is 0.960. The second-order valence-corrected chi connectivity index (χ2v) is 7.08. The first-order chi connectivity index (χ1) is 12.3. The molecule has 0 radical (unpaired) electrons. The Bertz CT molecular complexity index is 866. The molecule has 0 aromatic heterocycles. The smallest absolute Gasteiger partial charge is 0.276 e. The van der Waals surface area contributed by atoms with Crippen LogP contribution in [0.3, 0.4) is 0 Å². The van der Waals surface area contributed by atoms with Crippen molar-refractivity contribution >= 4 is 15.8 Å². The number of benzene rings is 2. The molecule has 0 aliphatic carbocycles. The van der Waals surface area contributed by atoms with Crippen LogP contribution in [0.4, 0.5) is 5.69 Å². The van der Waals surface area contributed by atoms with Crippen LogP contribution in [0.2, 0.25) is 0 Å². The number of nitrogens with zero attached hydrogens (tertiary/aromatic N) is 1. The molecule has 0 aliphatic heterocycles. The van der Waals surface area contributed by atoms with Gasteiger partial charge in [-0.2, -0.15) is 8.42 Å². The lowest BCUT2D eigenvalue weighted by Crippen LogP contribution is -2.08. The quantitative estimate of drug-likeness (QED) is 0.373. The van der Waals surface area contributed by atoms with E-state index in [4.69, 9.17) is 9.47 Å². The lowest BCUT2D eigenvalue weighted by Gasteiger charge is -2.13. The molecular weight excluding hydrogens is 362 g/mol. The van der Waals surface area contributed by atoms with Gasteiger partial charge in [-0.1, -0.05) is 30.3 Å². The highest BCUT2D eigenvalue weighted by atomic mass is 32.2. The zero-order valence-electron chi connectivity index (χ0n) is 14.4. The van der Waals surface area contributed by atoms with Crippen molar-refractivity contribution < 1.29 is 27.0 Å². The maximum Gasteiger partial charge on any atom is 0.276 e. The summed E-state index contributed by atoms with van der Waals surface area (Å²) in [6.45, 7) is 0.0257. The van der Waals surface area contributed by atoms with Crippen LogP contribution < -0.4 is 9.47 Å². The molecule has 0 unspecified atom stereocenters. The van der Waals surface area contributed by atoms with Crippen molar-refractivity contribution in [3.05, 3.63) is 63.7 Å². The van der Waals surface area contributed by atoms with Crippen LogP contribution in [0.25, 0.3) is 0 Å². The molecule has 0 heterocycles. The Kier molecular flexibility index (Phi) is 6.53.